The largest absolute Gasteiger partial charge is 0.506 e. The first kappa shape index (κ1) is 27.2. The Balaban J connectivity index is 2.26. The minimum Gasteiger partial charge on any atom is -0.506 e. The number of carboxylic acid groups (broad SMARTS) is 1. The molecule has 0 bridgehead atoms. The number of rotatable bonds is 7. The number of ether oxygens (including phenoxy) is 1. The molecule has 1 heterocycles. The number of carboxylic acids is 1. The summed E-state index contributed by atoms with van der Waals surface area (Å²) in [5, 5.41) is 31.3. The van der Waals surface area contributed by atoms with E-state index in [0.717, 1.165) is 22.3 Å². The molecule has 6 nitrogen and oxygen atoms in total. The number of hydrogen-bond donors (Lipinski definition) is 3. The molecule has 0 unspecified atom stereocenters. The first-order valence-electron chi connectivity index (χ1n) is 12.3. The lowest BCUT2D eigenvalue weighted by atomic mass is 9.73. The normalized spacial score (nSPS) is 13.9. The molecule has 0 fully saturated rings. The lowest BCUT2D eigenvalue weighted by molar-refractivity contribution is 0.0246. The van der Waals surface area contributed by atoms with Crippen LogP contribution in [0.2, 0.25) is 0 Å². The molecule has 0 saturated carbocycles. The van der Waals surface area contributed by atoms with Crippen molar-refractivity contribution in [2.24, 2.45) is 0 Å². The standard InChI is InChI=1S/C29H28Br2O6/c1-5-15-17(7-3)25(32)23(30)12-21(15)29(22-13-24(31)26(33)18(8-4)16(22)6-2)20-10-9-14(27(34)35)11-19(20)28(36)37-29/h9-13,32-33H,5-8H2,1-4H3,(H,34,35). The molecule has 0 atom stereocenters. The van der Waals surface area contributed by atoms with Gasteiger partial charge in [-0.25, -0.2) is 9.59 Å². The van der Waals surface area contributed by atoms with E-state index in [0.29, 0.717) is 51.3 Å². The number of halogens is 2. The summed E-state index contributed by atoms with van der Waals surface area (Å²) in [4.78, 5) is 25.2. The maximum Gasteiger partial charge on any atom is 0.340 e. The van der Waals surface area contributed by atoms with Crippen LogP contribution in [0.25, 0.3) is 0 Å². The molecule has 194 valence electrons. The van der Waals surface area contributed by atoms with E-state index in [-0.39, 0.29) is 22.6 Å². The molecule has 0 aliphatic carbocycles. The molecule has 3 aromatic rings. The molecule has 1 aliphatic heterocycles. The molecule has 0 spiro atoms. The van der Waals surface area contributed by atoms with E-state index in [1.54, 1.807) is 18.2 Å². The van der Waals surface area contributed by atoms with E-state index < -0.39 is 17.5 Å². The van der Waals surface area contributed by atoms with Crippen LogP contribution in [0.4, 0.5) is 0 Å². The predicted molar refractivity (Wildman–Crippen MR) is 148 cm³/mol. The third-order valence-corrected chi connectivity index (χ3v) is 8.44. The van der Waals surface area contributed by atoms with Gasteiger partial charge in [0.15, 0.2) is 5.60 Å². The maximum absolute atomic E-state index is 13.5. The van der Waals surface area contributed by atoms with Gasteiger partial charge in [0.25, 0.3) is 0 Å². The number of benzene rings is 3. The Bertz CT molecular complexity index is 1380. The van der Waals surface area contributed by atoms with Gasteiger partial charge in [-0.3, -0.25) is 0 Å². The van der Waals surface area contributed by atoms with Gasteiger partial charge in [0.05, 0.1) is 20.1 Å². The van der Waals surface area contributed by atoms with Crippen molar-refractivity contribution in [1.29, 1.82) is 0 Å². The van der Waals surface area contributed by atoms with Crippen LogP contribution >= 0.6 is 31.9 Å². The van der Waals surface area contributed by atoms with E-state index in [1.165, 1.54) is 12.1 Å². The average Bonchev–Trinajstić information content (AvgIpc) is 3.18. The summed E-state index contributed by atoms with van der Waals surface area (Å²) >= 11 is 7.01. The molecule has 0 aromatic heterocycles. The highest BCUT2D eigenvalue weighted by Gasteiger charge is 2.51. The van der Waals surface area contributed by atoms with E-state index >= 15 is 0 Å². The Morgan fingerprint density at radius 1 is 0.784 bits per heavy atom. The Labute approximate surface area is 232 Å². The smallest absolute Gasteiger partial charge is 0.340 e. The number of esters is 1. The fourth-order valence-corrected chi connectivity index (χ4v) is 6.55. The van der Waals surface area contributed by atoms with Crippen molar-refractivity contribution in [3.8, 4) is 11.5 Å². The van der Waals surface area contributed by atoms with Crippen molar-refractivity contribution < 1.29 is 29.6 Å². The summed E-state index contributed by atoms with van der Waals surface area (Å²) in [7, 11) is 0. The second kappa shape index (κ2) is 10.1. The lowest BCUT2D eigenvalue weighted by Gasteiger charge is -2.36. The molecule has 37 heavy (non-hydrogen) atoms. The topological polar surface area (TPSA) is 104 Å². The van der Waals surface area contributed by atoms with Crippen LogP contribution in [-0.2, 0) is 36.0 Å². The highest BCUT2D eigenvalue weighted by molar-refractivity contribution is 9.10. The van der Waals surface area contributed by atoms with Gasteiger partial charge in [0.1, 0.15) is 11.5 Å². The van der Waals surface area contributed by atoms with Crippen molar-refractivity contribution in [3.05, 3.63) is 89.3 Å². The SMILES string of the molecule is CCc1c(C2(c3cc(Br)c(O)c(CC)c3CC)OC(=O)c3cc(C(=O)O)ccc32)cc(Br)c(O)c1CC. The molecular weight excluding hydrogens is 604 g/mol. The number of carbonyl (C=O) groups excluding carboxylic acids is 1. The number of phenolic OH excluding ortho intramolecular Hbond substituents is 2. The minimum absolute atomic E-state index is 0.0137. The van der Waals surface area contributed by atoms with E-state index in [9.17, 15) is 24.9 Å². The number of fused-ring (bicyclic) bond motifs is 1. The van der Waals surface area contributed by atoms with Gasteiger partial charge in [-0.05, 0) is 104 Å². The van der Waals surface area contributed by atoms with Crippen molar-refractivity contribution in [2.75, 3.05) is 0 Å². The first-order valence-corrected chi connectivity index (χ1v) is 13.8. The minimum atomic E-state index is -1.43. The van der Waals surface area contributed by atoms with Crippen molar-refractivity contribution in [2.45, 2.75) is 59.0 Å². The molecule has 1 aliphatic rings. The summed E-state index contributed by atoms with van der Waals surface area (Å²) in [6, 6.07) is 8.04. The van der Waals surface area contributed by atoms with Crippen molar-refractivity contribution >= 4 is 43.8 Å². The molecule has 4 rings (SSSR count). The number of aromatic hydroxyl groups is 2. The van der Waals surface area contributed by atoms with Gasteiger partial charge in [0, 0.05) is 16.7 Å². The van der Waals surface area contributed by atoms with Crippen molar-refractivity contribution in [3.63, 3.8) is 0 Å². The quantitative estimate of drug-likeness (QED) is 0.242. The maximum atomic E-state index is 13.5. The molecule has 0 saturated heterocycles. The van der Waals surface area contributed by atoms with E-state index in [1.807, 2.05) is 27.7 Å². The number of carbonyl (C=O) groups is 2. The van der Waals surface area contributed by atoms with Crippen LogP contribution in [0, 0.1) is 0 Å². The lowest BCUT2D eigenvalue weighted by Crippen LogP contribution is -2.33. The Kier molecular flexibility index (Phi) is 7.45. The van der Waals surface area contributed by atoms with Gasteiger partial charge in [-0.1, -0.05) is 33.8 Å². The first-order chi connectivity index (χ1) is 17.6. The van der Waals surface area contributed by atoms with Crippen molar-refractivity contribution in [1.82, 2.24) is 0 Å². The summed E-state index contributed by atoms with van der Waals surface area (Å²) in [5.74, 6) is -1.49. The average molecular weight is 632 g/mol. The van der Waals surface area contributed by atoms with Gasteiger partial charge in [0.2, 0.25) is 0 Å². The summed E-state index contributed by atoms with van der Waals surface area (Å²) in [6.45, 7) is 7.87. The molecule has 8 heteroatoms. The second-order valence-electron chi connectivity index (χ2n) is 8.97. The zero-order valence-corrected chi connectivity index (χ0v) is 24.2. The highest BCUT2D eigenvalue weighted by atomic mass is 79.9. The third kappa shape index (κ3) is 4.05. The van der Waals surface area contributed by atoms with Crippen LogP contribution in [0.15, 0.2) is 39.3 Å². The molecule has 0 radical (unpaired) electrons. The zero-order chi connectivity index (χ0) is 27.2. The van der Waals surface area contributed by atoms with E-state index in [2.05, 4.69) is 31.9 Å². The van der Waals surface area contributed by atoms with E-state index in [4.69, 9.17) is 4.74 Å². The monoisotopic (exact) mass is 630 g/mol. The third-order valence-electron chi connectivity index (χ3n) is 7.23. The summed E-state index contributed by atoms with van der Waals surface area (Å²) in [5.41, 5.74) is 3.78. The fourth-order valence-electron chi connectivity index (χ4n) is 5.61. The zero-order valence-electron chi connectivity index (χ0n) is 21.0. The molecule has 0 amide bonds. The summed E-state index contributed by atoms with van der Waals surface area (Å²) in [6.07, 6.45) is 2.22. The van der Waals surface area contributed by atoms with Gasteiger partial charge in [-0.2, -0.15) is 0 Å². The Morgan fingerprint density at radius 2 is 1.24 bits per heavy atom. The molecule has 3 aromatic carbocycles. The number of phenols is 2. The fraction of sp³-hybridized carbons (Fsp3) is 0.310. The van der Waals surface area contributed by atoms with Gasteiger partial charge >= 0.3 is 11.9 Å². The van der Waals surface area contributed by atoms with Crippen LogP contribution in [-0.4, -0.2) is 27.3 Å². The van der Waals surface area contributed by atoms with Crippen LogP contribution in [0.1, 0.15) is 87.4 Å². The van der Waals surface area contributed by atoms with Crippen LogP contribution in [0.3, 0.4) is 0 Å². The Morgan fingerprint density at radius 3 is 1.65 bits per heavy atom. The number of aromatic carboxylic acids is 1. The Hall–Kier alpha value is -2.84. The number of cyclic esters (lactones) is 1. The number of hydrogen-bond acceptors (Lipinski definition) is 5. The summed E-state index contributed by atoms with van der Waals surface area (Å²) < 4.78 is 7.30. The van der Waals surface area contributed by atoms with Gasteiger partial charge in [-0.15, -0.1) is 0 Å². The molecule has 3 N–H and O–H groups in total. The second-order valence-corrected chi connectivity index (χ2v) is 10.7. The van der Waals surface area contributed by atoms with Gasteiger partial charge < -0.3 is 20.1 Å². The molecular formula is C29H28Br2O6. The predicted octanol–water partition coefficient (Wildman–Crippen LogP) is 7.03. The van der Waals surface area contributed by atoms with Crippen LogP contribution in [0.5, 0.6) is 11.5 Å². The highest BCUT2D eigenvalue weighted by Crippen LogP contribution is 2.53. The van der Waals surface area contributed by atoms with Crippen LogP contribution < -0.4 is 0 Å².